The van der Waals surface area contributed by atoms with E-state index in [4.69, 9.17) is 16.8 Å². The van der Waals surface area contributed by atoms with Gasteiger partial charge in [-0.05, 0) is 36.4 Å². The number of nitrogen functional groups attached to an aromatic ring is 1. The molecule has 1 aromatic carbocycles. The van der Waals surface area contributed by atoms with Crippen LogP contribution in [0, 0.1) is 11.2 Å². The van der Waals surface area contributed by atoms with Gasteiger partial charge in [-0.25, -0.2) is 16.5 Å². The fourth-order valence-corrected chi connectivity index (χ4v) is 2.99. The second-order valence-electron chi connectivity index (χ2n) is 6.18. The van der Waals surface area contributed by atoms with Crippen LogP contribution >= 0.6 is 0 Å². The van der Waals surface area contributed by atoms with Crippen LogP contribution in [-0.4, -0.2) is 37.7 Å². The Labute approximate surface area is 142 Å². The molecule has 0 unspecified atom stereocenters. The van der Waals surface area contributed by atoms with Crippen molar-refractivity contribution < 1.29 is 0 Å². The van der Waals surface area contributed by atoms with Crippen molar-refractivity contribution in [2.75, 3.05) is 30.3 Å². The highest BCUT2D eigenvalue weighted by molar-refractivity contribution is 6.67. The van der Waals surface area contributed by atoms with Crippen LogP contribution in [0.5, 0.6) is 0 Å². The predicted molar refractivity (Wildman–Crippen MR) is 98.9 cm³/mol. The number of hydrazine groups is 2. The largest absolute Gasteiger partial charge is 0.397 e. The Balaban J connectivity index is 1.60. The molecule has 0 spiro atoms. The molecule has 1 aromatic rings. The molecule has 5 N–H and O–H groups in total. The predicted octanol–water partition coefficient (Wildman–Crippen LogP) is 1.32. The van der Waals surface area contributed by atoms with E-state index in [2.05, 4.69) is 21.3 Å². The highest BCUT2D eigenvalue weighted by Crippen LogP contribution is 2.29. The van der Waals surface area contributed by atoms with E-state index >= 15 is 0 Å². The average Bonchev–Trinajstić information content (AvgIpc) is 3.02. The lowest BCUT2D eigenvalue weighted by Gasteiger charge is -2.30. The summed E-state index contributed by atoms with van der Waals surface area (Å²) in [6.45, 7) is 2.73. The second-order valence-corrected chi connectivity index (χ2v) is 6.18. The van der Waals surface area contributed by atoms with Crippen LogP contribution in [0.3, 0.4) is 0 Å². The number of nitrogens with zero attached hydrogens (tertiary/aromatic N) is 4. The summed E-state index contributed by atoms with van der Waals surface area (Å²) in [5.41, 5.74) is 12.9. The normalized spacial score (nSPS) is 18.2. The van der Waals surface area contributed by atoms with Gasteiger partial charge in [0.25, 0.3) is 6.71 Å². The van der Waals surface area contributed by atoms with Crippen molar-refractivity contribution in [1.82, 2.24) is 10.5 Å². The molecular formula is C16H22BN7. The molecule has 0 bridgehead atoms. The number of benzene rings is 1. The van der Waals surface area contributed by atoms with Crippen molar-refractivity contribution in [2.24, 2.45) is 10.8 Å². The third kappa shape index (κ3) is 3.88. The summed E-state index contributed by atoms with van der Waals surface area (Å²) in [5.74, 6) is 7.95. The summed E-state index contributed by atoms with van der Waals surface area (Å²) in [6, 6.07) is 5.97. The van der Waals surface area contributed by atoms with Crippen LogP contribution in [0.2, 0.25) is 12.6 Å². The molecule has 0 saturated carbocycles. The van der Waals surface area contributed by atoms with Crippen LogP contribution in [0.25, 0.3) is 0 Å². The van der Waals surface area contributed by atoms with Crippen LogP contribution in [-0.2, 0) is 0 Å². The van der Waals surface area contributed by atoms with Gasteiger partial charge in [0.05, 0.1) is 11.4 Å². The van der Waals surface area contributed by atoms with E-state index in [0.717, 1.165) is 50.1 Å². The van der Waals surface area contributed by atoms with E-state index in [1.54, 1.807) is 0 Å². The molecular weight excluding hydrogens is 301 g/mol. The Bertz CT molecular complexity index is 686. The van der Waals surface area contributed by atoms with Crippen LogP contribution in [0.15, 0.2) is 35.0 Å². The Morgan fingerprint density at radius 3 is 2.79 bits per heavy atom. The SMILES string of the molecule is N#CB1CCN(c2ccc(/N=C\CC3=CN(N)NC3)c(N)c2)CC1. The summed E-state index contributed by atoms with van der Waals surface area (Å²) in [6.07, 6.45) is 6.29. The van der Waals surface area contributed by atoms with Crippen molar-refractivity contribution in [2.45, 2.75) is 19.1 Å². The molecule has 2 aliphatic rings. The molecule has 8 heteroatoms. The number of nitrogens with one attached hydrogen (secondary N) is 1. The van der Waals surface area contributed by atoms with E-state index in [9.17, 15) is 0 Å². The number of hydrogen-bond donors (Lipinski definition) is 3. The van der Waals surface area contributed by atoms with E-state index in [-0.39, 0.29) is 6.71 Å². The number of rotatable bonds is 4. The molecule has 0 radical (unpaired) electrons. The van der Waals surface area contributed by atoms with Gasteiger partial charge in [-0.15, -0.1) is 0 Å². The van der Waals surface area contributed by atoms with Gasteiger partial charge in [-0.1, -0.05) is 0 Å². The molecule has 1 fully saturated rings. The van der Waals surface area contributed by atoms with Crippen molar-refractivity contribution in [3.8, 4) is 5.97 Å². The topological polar surface area (TPSA) is 107 Å². The second kappa shape index (κ2) is 7.38. The van der Waals surface area contributed by atoms with Gasteiger partial charge in [0.2, 0.25) is 0 Å². The van der Waals surface area contributed by atoms with Crippen LogP contribution in [0.1, 0.15) is 6.42 Å². The molecule has 7 nitrogen and oxygen atoms in total. The van der Waals surface area contributed by atoms with Gasteiger partial charge in [0.1, 0.15) is 0 Å². The Kier molecular flexibility index (Phi) is 5.03. The highest BCUT2D eigenvalue weighted by Gasteiger charge is 2.22. The Morgan fingerprint density at radius 1 is 1.38 bits per heavy atom. The van der Waals surface area contributed by atoms with Gasteiger partial charge >= 0.3 is 0 Å². The third-order valence-electron chi connectivity index (χ3n) is 4.45. The maximum atomic E-state index is 8.98. The molecule has 0 amide bonds. The first-order valence-electron chi connectivity index (χ1n) is 8.19. The van der Waals surface area contributed by atoms with Crippen molar-refractivity contribution in [1.29, 1.82) is 5.26 Å². The number of aliphatic imine (C=N–C) groups is 1. The van der Waals surface area contributed by atoms with Crippen molar-refractivity contribution in [3.05, 3.63) is 30.0 Å². The molecule has 0 atom stereocenters. The minimum atomic E-state index is 0.186. The number of nitriles is 1. The lowest BCUT2D eigenvalue weighted by atomic mass is 9.45. The van der Waals surface area contributed by atoms with E-state index < -0.39 is 0 Å². The lowest BCUT2D eigenvalue weighted by molar-refractivity contribution is 0.318. The summed E-state index contributed by atoms with van der Waals surface area (Å²) >= 11 is 0. The monoisotopic (exact) mass is 323 g/mol. The molecule has 0 aromatic heterocycles. The first-order valence-corrected chi connectivity index (χ1v) is 8.19. The standard InChI is InChI=1S/C16H22BN7/c18-12-17-4-7-23(8-5-17)14-1-2-16(15(19)9-14)21-6-3-13-10-22-24(20)11-13/h1-2,6,9,11,22H,3-5,7-8,10,19-20H2/b21-6-. The lowest BCUT2D eigenvalue weighted by Crippen LogP contribution is -2.36. The molecule has 0 aliphatic carbocycles. The summed E-state index contributed by atoms with van der Waals surface area (Å²) in [7, 11) is 0. The first kappa shape index (κ1) is 16.4. The maximum absolute atomic E-state index is 8.98. The fraction of sp³-hybridized carbons (Fsp3) is 0.375. The molecule has 3 rings (SSSR count). The zero-order chi connectivity index (χ0) is 16.9. The minimum absolute atomic E-state index is 0.186. The Hall–Kier alpha value is -2.50. The first-order chi connectivity index (χ1) is 11.7. The minimum Gasteiger partial charge on any atom is -0.397 e. The van der Waals surface area contributed by atoms with Crippen LogP contribution in [0.4, 0.5) is 17.1 Å². The molecule has 124 valence electrons. The highest BCUT2D eigenvalue weighted by atomic mass is 15.7. The average molecular weight is 323 g/mol. The zero-order valence-electron chi connectivity index (χ0n) is 13.7. The van der Waals surface area contributed by atoms with Crippen molar-refractivity contribution >= 4 is 30.0 Å². The quantitative estimate of drug-likeness (QED) is 0.334. The summed E-state index contributed by atoms with van der Waals surface area (Å²) in [5, 5.41) is 10.4. The van der Waals surface area contributed by atoms with Gasteiger partial charge in [-0.3, -0.25) is 10.1 Å². The smallest absolute Gasteiger partial charge is 0.271 e. The van der Waals surface area contributed by atoms with Crippen molar-refractivity contribution in [3.63, 3.8) is 0 Å². The summed E-state index contributed by atoms with van der Waals surface area (Å²) < 4.78 is 0. The van der Waals surface area contributed by atoms with Crippen LogP contribution < -0.4 is 21.9 Å². The van der Waals surface area contributed by atoms with E-state index in [1.165, 1.54) is 10.7 Å². The molecule has 2 heterocycles. The molecule has 24 heavy (non-hydrogen) atoms. The maximum Gasteiger partial charge on any atom is 0.271 e. The van der Waals surface area contributed by atoms with E-state index in [1.807, 2.05) is 30.6 Å². The number of nitrogens with two attached hydrogens (primary N) is 2. The Morgan fingerprint density at radius 2 is 2.17 bits per heavy atom. The number of hydrogen-bond acceptors (Lipinski definition) is 7. The van der Waals surface area contributed by atoms with E-state index in [0.29, 0.717) is 5.69 Å². The molecule has 1 saturated heterocycles. The third-order valence-corrected chi connectivity index (χ3v) is 4.45. The van der Waals surface area contributed by atoms with Gasteiger partial charge in [-0.2, -0.15) is 0 Å². The van der Waals surface area contributed by atoms with Gasteiger partial charge < -0.3 is 10.6 Å². The van der Waals surface area contributed by atoms with Gasteiger partial charge in [0, 0.05) is 50.1 Å². The zero-order valence-corrected chi connectivity index (χ0v) is 13.7. The van der Waals surface area contributed by atoms with Gasteiger partial charge in [0.15, 0.2) is 0 Å². The summed E-state index contributed by atoms with van der Waals surface area (Å²) in [4.78, 5) is 6.75. The fourth-order valence-electron chi connectivity index (χ4n) is 2.99. The number of anilines is 2. The molecule has 2 aliphatic heterocycles.